The molecule has 0 saturated carbocycles. The Morgan fingerprint density at radius 2 is 1.94 bits per heavy atom. The van der Waals surface area contributed by atoms with Crippen molar-refractivity contribution in [1.29, 1.82) is 5.26 Å². The Balaban J connectivity index is 1.46. The number of rotatable bonds is 6. The number of likely N-dealkylation sites (tertiary alicyclic amines) is 1. The Morgan fingerprint density at radius 3 is 2.67 bits per heavy atom. The molecular weight excluding hydrogens is 460 g/mol. The first-order valence-corrected chi connectivity index (χ1v) is 11.6. The summed E-state index contributed by atoms with van der Waals surface area (Å²) in [6.45, 7) is 2.47. The first-order chi connectivity index (χ1) is 15.9. The minimum absolute atomic E-state index is 0.211. The Kier molecular flexibility index (Phi) is 7.03. The van der Waals surface area contributed by atoms with Crippen molar-refractivity contribution in [1.82, 2.24) is 9.80 Å². The van der Waals surface area contributed by atoms with E-state index in [1.54, 1.807) is 30.3 Å². The van der Waals surface area contributed by atoms with Gasteiger partial charge in [-0.05, 0) is 68.6 Å². The third kappa shape index (κ3) is 4.91. The van der Waals surface area contributed by atoms with Gasteiger partial charge in [-0.25, -0.2) is 0 Å². The van der Waals surface area contributed by atoms with Crippen molar-refractivity contribution < 1.29 is 14.4 Å². The minimum atomic E-state index is -0.460. The second-order valence-electron chi connectivity index (χ2n) is 8.27. The molecule has 2 heterocycles. The van der Waals surface area contributed by atoms with Gasteiger partial charge in [0.2, 0.25) is 0 Å². The number of halogens is 1. The fraction of sp³-hybridized carbons (Fsp3) is 0.333. The maximum absolute atomic E-state index is 13.2. The molecule has 9 heteroatoms. The lowest BCUT2D eigenvalue weighted by Gasteiger charge is -2.30. The summed E-state index contributed by atoms with van der Waals surface area (Å²) in [5.74, 6) is -0.797. The highest BCUT2D eigenvalue weighted by Gasteiger charge is 2.38. The molecule has 0 bridgehead atoms. The topological polar surface area (TPSA) is 93.5 Å². The van der Waals surface area contributed by atoms with Crippen LogP contribution in [0.5, 0.6) is 0 Å². The van der Waals surface area contributed by atoms with Crippen molar-refractivity contribution >= 4 is 47.6 Å². The van der Waals surface area contributed by atoms with E-state index in [9.17, 15) is 14.4 Å². The molecule has 2 aliphatic rings. The van der Waals surface area contributed by atoms with E-state index >= 15 is 0 Å². The molecule has 1 N–H and O–H groups in total. The Morgan fingerprint density at radius 1 is 1.18 bits per heavy atom. The molecule has 0 aromatic heterocycles. The molecule has 2 aromatic carbocycles. The van der Waals surface area contributed by atoms with Gasteiger partial charge in [0.15, 0.2) is 0 Å². The highest BCUT2D eigenvalue weighted by molar-refractivity contribution is 7.80. The van der Waals surface area contributed by atoms with Gasteiger partial charge in [0.05, 0.1) is 35.0 Å². The first kappa shape index (κ1) is 23.3. The lowest BCUT2D eigenvalue weighted by molar-refractivity contribution is 0.0638. The van der Waals surface area contributed by atoms with Gasteiger partial charge >= 0.3 is 0 Å². The largest absolute Gasteiger partial charge is 0.321 e. The van der Waals surface area contributed by atoms with Gasteiger partial charge in [-0.3, -0.25) is 24.2 Å². The van der Waals surface area contributed by atoms with Gasteiger partial charge in [-0.1, -0.05) is 17.7 Å². The number of fused-ring (bicyclic) bond motifs is 1. The van der Waals surface area contributed by atoms with Crippen molar-refractivity contribution in [3.8, 4) is 6.07 Å². The van der Waals surface area contributed by atoms with Crippen LogP contribution < -0.4 is 5.32 Å². The van der Waals surface area contributed by atoms with E-state index in [4.69, 9.17) is 16.9 Å². The van der Waals surface area contributed by atoms with Gasteiger partial charge in [-0.15, -0.1) is 12.6 Å². The average Bonchev–Trinajstić information content (AvgIpc) is 3.05. The average molecular weight is 483 g/mol. The van der Waals surface area contributed by atoms with Crippen LogP contribution in [0.15, 0.2) is 41.3 Å². The monoisotopic (exact) mass is 482 g/mol. The van der Waals surface area contributed by atoms with E-state index in [-0.39, 0.29) is 22.7 Å². The normalized spacial score (nSPS) is 16.6. The minimum Gasteiger partial charge on any atom is -0.321 e. The summed E-state index contributed by atoms with van der Waals surface area (Å²) in [5.41, 5.74) is 1.07. The molecule has 33 heavy (non-hydrogen) atoms. The summed E-state index contributed by atoms with van der Waals surface area (Å²) in [6, 6.07) is 11.8. The first-order valence-electron chi connectivity index (χ1n) is 10.8. The standard InChI is InChI=1S/C24H23ClN4O3S/c25-16-4-5-20(33)18(14-16)22(30)27-19-3-1-2-17-21(19)24(32)29(23(17)31)12-8-15-6-10-28(11-7-15)13-9-26/h1-5,14-15,33H,6-8,10-13H2,(H,27,30). The fourth-order valence-corrected chi connectivity index (χ4v) is 4.78. The van der Waals surface area contributed by atoms with Crippen LogP contribution in [-0.4, -0.2) is 53.7 Å². The van der Waals surface area contributed by atoms with Crippen LogP contribution in [0.25, 0.3) is 0 Å². The van der Waals surface area contributed by atoms with Gasteiger partial charge in [-0.2, -0.15) is 5.26 Å². The highest BCUT2D eigenvalue weighted by Crippen LogP contribution is 2.31. The summed E-state index contributed by atoms with van der Waals surface area (Å²) in [5, 5.41) is 12.0. The van der Waals surface area contributed by atoms with Gasteiger partial charge < -0.3 is 5.32 Å². The second kappa shape index (κ2) is 9.96. The zero-order chi connectivity index (χ0) is 23.5. The zero-order valence-corrected chi connectivity index (χ0v) is 19.5. The van der Waals surface area contributed by atoms with Crippen molar-refractivity contribution in [3.05, 3.63) is 58.1 Å². The van der Waals surface area contributed by atoms with Crippen molar-refractivity contribution in [2.75, 3.05) is 31.5 Å². The third-order valence-electron chi connectivity index (χ3n) is 6.21. The molecular formula is C24H23ClN4O3S. The number of carbonyl (C=O) groups excluding carboxylic acids is 3. The zero-order valence-electron chi connectivity index (χ0n) is 17.9. The molecule has 3 amide bonds. The number of imide groups is 1. The molecule has 4 rings (SSSR count). The number of carbonyl (C=O) groups is 3. The smallest absolute Gasteiger partial charge is 0.263 e. The molecule has 7 nitrogen and oxygen atoms in total. The SMILES string of the molecule is N#CCN1CCC(CCN2C(=O)c3cccc(NC(=O)c4cc(Cl)ccc4S)c3C2=O)CC1. The van der Waals surface area contributed by atoms with Crippen molar-refractivity contribution in [2.45, 2.75) is 24.2 Å². The Hall–Kier alpha value is -2.86. The number of hydrogen-bond acceptors (Lipinski definition) is 6. The Bertz CT molecular complexity index is 1150. The number of nitrogens with one attached hydrogen (secondary N) is 1. The van der Waals surface area contributed by atoms with Crippen LogP contribution in [0.1, 0.15) is 50.3 Å². The summed E-state index contributed by atoms with van der Waals surface area (Å²) in [6.07, 6.45) is 2.61. The fourth-order valence-electron chi connectivity index (χ4n) is 4.37. The molecule has 170 valence electrons. The van der Waals surface area contributed by atoms with Crippen molar-refractivity contribution in [3.63, 3.8) is 0 Å². The molecule has 0 radical (unpaired) electrons. The molecule has 2 aliphatic heterocycles. The molecule has 0 aliphatic carbocycles. The van der Waals surface area contributed by atoms with Gasteiger partial charge in [0.25, 0.3) is 17.7 Å². The number of nitrogens with zero attached hydrogens (tertiary/aromatic N) is 3. The number of anilines is 1. The molecule has 1 saturated heterocycles. The highest BCUT2D eigenvalue weighted by atomic mass is 35.5. The molecule has 0 spiro atoms. The van der Waals surface area contributed by atoms with Crippen LogP contribution in [0.3, 0.4) is 0 Å². The number of piperidine rings is 1. The second-order valence-corrected chi connectivity index (χ2v) is 9.19. The predicted molar refractivity (Wildman–Crippen MR) is 128 cm³/mol. The number of amides is 3. The van der Waals surface area contributed by atoms with E-state index in [1.165, 1.54) is 11.0 Å². The van der Waals surface area contributed by atoms with Crippen molar-refractivity contribution in [2.24, 2.45) is 5.92 Å². The Labute approximate surface area is 202 Å². The number of nitriles is 1. The summed E-state index contributed by atoms with van der Waals surface area (Å²) >= 11 is 10.3. The van der Waals surface area contributed by atoms with Crippen LogP contribution in [0.2, 0.25) is 5.02 Å². The summed E-state index contributed by atoms with van der Waals surface area (Å²) < 4.78 is 0. The van der Waals surface area contributed by atoms with E-state index < -0.39 is 11.8 Å². The maximum atomic E-state index is 13.2. The number of hydrogen-bond donors (Lipinski definition) is 2. The van der Waals surface area contributed by atoms with E-state index in [0.717, 1.165) is 32.4 Å². The lowest BCUT2D eigenvalue weighted by atomic mass is 9.93. The van der Waals surface area contributed by atoms with Crippen LogP contribution in [-0.2, 0) is 0 Å². The quantitative estimate of drug-likeness (QED) is 0.367. The third-order valence-corrected chi connectivity index (χ3v) is 6.84. The molecule has 0 atom stereocenters. The van der Waals surface area contributed by atoms with E-state index in [2.05, 4.69) is 28.9 Å². The molecule has 0 unspecified atom stereocenters. The lowest BCUT2D eigenvalue weighted by Crippen LogP contribution is -2.36. The van der Waals surface area contributed by atoms with Gasteiger partial charge in [0, 0.05) is 16.5 Å². The van der Waals surface area contributed by atoms with E-state index in [0.29, 0.717) is 34.5 Å². The van der Waals surface area contributed by atoms with Gasteiger partial charge in [0.1, 0.15) is 0 Å². The van der Waals surface area contributed by atoms with Crippen LogP contribution in [0, 0.1) is 17.2 Å². The predicted octanol–water partition coefficient (Wildman–Crippen LogP) is 4.10. The summed E-state index contributed by atoms with van der Waals surface area (Å²) in [4.78, 5) is 42.7. The van der Waals surface area contributed by atoms with Crippen LogP contribution in [0.4, 0.5) is 5.69 Å². The number of benzene rings is 2. The summed E-state index contributed by atoms with van der Waals surface area (Å²) in [7, 11) is 0. The molecule has 1 fully saturated rings. The van der Waals surface area contributed by atoms with Crippen LogP contribution >= 0.6 is 24.2 Å². The molecule has 2 aromatic rings. The maximum Gasteiger partial charge on any atom is 0.263 e. The number of thiol groups is 1. The van der Waals surface area contributed by atoms with E-state index in [1.807, 2.05) is 0 Å².